The summed E-state index contributed by atoms with van der Waals surface area (Å²) in [5.74, 6) is 2.42. The van der Waals surface area contributed by atoms with Crippen molar-refractivity contribution in [2.24, 2.45) is 17.3 Å². The highest BCUT2D eigenvalue weighted by molar-refractivity contribution is 5.40. The molecular weight excluding hydrogens is 260 g/mol. The molecule has 3 aliphatic rings. The van der Waals surface area contributed by atoms with Crippen molar-refractivity contribution in [2.75, 3.05) is 0 Å². The van der Waals surface area contributed by atoms with E-state index in [9.17, 15) is 10.2 Å². The summed E-state index contributed by atoms with van der Waals surface area (Å²) in [4.78, 5) is 0. The molecule has 0 heterocycles. The molecule has 0 amide bonds. The van der Waals surface area contributed by atoms with E-state index in [1.807, 2.05) is 12.1 Å². The molecule has 1 aromatic rings. The Balaban J connectivity index is 1.72. The molecule has 114 valence electrons. The number of hydrogen-bond acceptors (Lipinski definition) is 2. The lowest BCUT2D eigenvalue weighted by atomic mass is 9.53. The molecule has 0 aromatic heterocycles. The molecule has 2 heteroatoms. The Morgan fingerprint density at radius 3 is 2.71 bits per heavy atom. The van der Waals surface area contributed by atoms with Gasteiger partial charge in [0, 0.05) is 0 Å². The predicted octanol–water partition coefficient (Wildman–Crippen LogP) is 4.00. The molecule has 21 heavy (non-hydrogen) atoms. The Labute approximate surface area is 127 Å². The third kappa shape index (κ3) is 1.75. The van der Waals surface area contributed by atoms with Gasteiger partial charge in [-0.2, -0.15) is 0 Å². The van der Waals surface area contributed by atoms with Gasteiger partial charge in [0.05, 0.1) is 5.60 Å². The normalized spacial score (nSPS) is 44.8. The molecule has 1 aromatic carbocycles. The minimum Gasteiger partial charge on any atom is -0.508 e. The average molecular weight is 286 g/mol. The number of aromatic hydroxyl groups is 1. The zero-order chi connectivity index (χ0) is 14.8. The van der Waals surface area contributed by atoms with Crippen molar-refractivity contribution in [2.45, 2.75) is 63.9 Å². The number of benzene rings is 1. The monoisotopic (exact) mass is 286 g/mol. The maximum Gasteiger partial charge on any atom is 0.115 e. The molecule has 0 radical (unpaired) electrons. The number of aliphatic hydroxyl groups is 1. The fourth-order valence-corrected chi connectivity index (χ4v) is 5.81. The van der Waals surface area contributed by atoms with E-state index in [0.717, 1.165) is 25.2 Å². The van der Waals surface area contributed by atoms with Gasteiger partial charge in [-0.15, -0.1) is 0 Å². The summed E-state index contributed by atoms with van der Waals surface area (Å²) in [7, 11) is 0. The zero-order valence-corrected chi connectivity index (χ0v) is 13.1. The van der Waals surface area contributed by atoms with E-state index in [-0.39, 0.29) is 5.41 Å². The minimum absolute atomic E-state index is 0.0998. The van der Waals surface area contributed by atoms with Gasteiger partial charge < -0.3 is 10.2 Å². The highest BCUT2D eigenvalue weighted by atomic mass is 16.3. The van der Waals surface area contributed by atoms with Crippen LogP contribution in [0.1, 0.15) is 63.0 Å². The van der Waals surface area contributed by atoms with Crippen molar-refractivity contribution >= 4 is 0 Å². The first-order valence-electron chi connectivity index (χ1n) is 8.46. The average Bonchev–Trinajstić information content (AvgIpc) is 2.69. The fourth-order valence-electron chi connectivity index (χ4n) is 5.81. The topological polar surface area (TPSA) is 40.5 Å². The van der Waals surface area contributed by atoms with Crippen LogP contribution in [0.25, 0.3) is 0 Å². The van der Waals surface area contributed by atoms with Crippen molar-refractivity contribution in [3.8, 4) is 5.75 Å². The third-order valence-corrected chi connectivity index (χ3v) is 7.27. The molecule has 0 spiro atoms. The molecule has 4 rings (SSSR count). The number of phenolic OH excluding ortho intramolecular Hbond substituents is 1. The van der Waals surface area contributed by atoms with Crippen LogP contribution in [0.5, 0.6) is 5.75 Å². The molecule has 2 N–H and O–H groups in total. The summed E-state index contributed by atoms with van der Waals surface area (Å²) in [6.45, 7) is 4.38. The van der Waals surface area contributed by atoms with Crippen molar-refractivity contribution < 1.29 is 10.2 Å². The van der Waals surface area contributed by atoms with E-state index >= 15 is 0 Å². The second-order valence-electron chi connectivity index (χ2n) is 8.07. The van der Waals surface area contributed by atoms with Crippen LogP contribution >= 0.6 is 0 Å². The van der Waals surface area contributed by atoms with Crippen LogP contribution < -0.4 is 0 Å². The van der Waals surface area contributed by atoms with Crippen molar-refractivity contribution in [1.29, 1.82) is 0 Å². The molecule has 0 unspecified atom stereocenters. The number of rotatable bonds is 0. The Kier molecular flexibility index (Phi) is 2.76. The van der Waals surface area contributed by atoms with Gasteiger partial charge in [-0.25, -0.2) is 0 Å². The molecule has 0 bridgehead atoms. The van der Waals surface area contributed by atoms with Gasteiger partial charge in [-0.1, -0.05) is 13.0 Å². The predicted molar refractivity (Wildman–Crippen MR) is 83.3 cm³/mol. The van der Waals surface area contributed by atoms with Crippen molar-refractivity contribution in [3.05, 3.63) is 29.3 Å². The molecule has 2 saturated carbocycles. The SMILES string of the molecule is C[C@]1(O)CC[C@@H]2[C@H]3CCc4cc(O)ccc4[C@H]3CC[C@@]21C. The second kappa shape index (κ2) is 4.25. The van der Waals surface area contributed by atoms with E-state index in [2.05, 4.69) is 19.9 Å². The zero-order valence-electron chi connectivity index (χ0n) is 13.1. The quantitative estimate of drug-likeness (QED) is 0.757. The van der Waals surface area contributed by atoms with Crippen LogP contribution in [-0.4, -0.2) is 15.8 Å². The van der Waals surface area contributed by atoms with E-state index in [1.165, 1.54) is 30.4 Å². The first kappa shape index (κ1) is 13.6. The number of aryl methyl sites for hydroxylation is 1. The fraction of sp³-hybridized carbons (Fsp3) is 0.684. The van der Waals surface area contributed by atoms with Crippen LogP contribution in [0.4, 0.5) is 0 Å². The summed E-state index contributed by atoms with van der Waals surface area (Å²) in [5.41, 5.74) is 2.43. The van der Waals surface area contributed by atoms with Gasteiger partial charge >= 0.3 is 0 Å². The van der Waals surface area contributed by atoms with Crippen LogP contribution in [-0.2, 0) is 6.42 Å². The summed E-state index contributed by atoms with van der Waals surface area (Å²) in [5, 5.41) is 20.5. The lowest BCUT2D eigenvalue weighted by Crippen LogP contribution is -2.49. The lowest BCUT2D eigenvalue weighted by Gasteiger charge is -2.52. The third-order valence-electron chi connectivity index (χ3n) is 7.27. The maximum atomic E-state index is 10.8. The number of hydrogen-bond donors (Lipinski definition) is 2. The Morgan fingerprint density at radius 1 is 1.10 bits per heavy atom. The Morgan fingerprint density at radius 2 is 1.90 bits per heavy atom. The van der Waals surface area contributed by atoms with E-state index < -0.39 is 5.60 Å². The Bertz CT molecular complexity index is 577. The number of phenols is 1. The van der Waals surface area contributed by atoms with Crippen LogP contribution in [0.15, 0.2) is 18.2 Å². The van der Waals surface area contributed by atoms with Gasteiger partial charge in [0.1, 0.15) is 5.75 Å². The molecule has 5 atom stereocenters. The Hall–Kier alpha value is -1.02. The van der Waals surface area contributed by atoms with E-state index in [4.69, 9.17) is 0 Å². The second-order valence-corrected chi connectivity index (χ2v) is 8.07. The first-order valence-corrected chi connectivity index (χ1v) is 8.46. The standard InChI is InChI=1S/C19H26O2/c1-18-9-7-15-14-6-4-13(20)11-12(14)3-5-16(15)17(18)8-10-19(18,2)21/h4,6,11,15-17,20-21H,3,5,7-10H2,1-2H3/t15-,16+,17-,18+,19+/m1/s1. The van der Waals surface area contributed by atoms with Gasteiger partial charge in [0.15, 0.2) is 0 Å². The van der Waals surface area contributed by atoms with E-state index in [1.54, 1.807) is 0 Å². The van der Waals surface area contributed by atoms with Crippen LogP contribution in [0.3, 0.4) is 0 Å². The summed E-state index contributed by atoms with van der Waals surface area (Å²) < 4.78 is 0. The van der Waals surface area contributed by atoms with Crippen molar-refractivity contribution in [1.82, 2.24) is 0 Å². The van der Waals surface area contributed by atoms with Gasteiger partial charge in [0.25, 0.3) is 0 Å². The number of fused-ring (bicyclic) bond motifs is 5. The summed E-state index contributed by atoms with van der Waals surface area (Å²) in [6, 6.07) is 5.96. The van der Waals surface area contributed by atoms with Gasteiger partial charge in [0.2, 0.25) is 0 Å². The molecule has 2 fully saturated rings. The lowest BCUT2D eigenvalue weighted by molar-refractivity contribution is -0.0901. The largest absolute Gasteiger partial charge is 0.508 e. The first-order chi connectivity index (χ1) is 9.92. The molecule has 2 nitrogen and oxygen atoms in total. The minimum atomic E-state index is -0.488. The van der Waals surface area contributed by atoms with Crippen LogP contribution in [0.2, 0.25) is 0 Å². The smallest absolute Gasteiger partial charge is 0.115 e. The maximum absolute atomic E-state index is 10.8. The highest BCUT2D eigenvalue weighted by Gasteiger charge is 2.59. The van der Waals surface area contributed by atoms with E-state index in [0.29, 0.717) is 17.6 Å². The van der Waals surface area contributed by atoms with Crippen molar-refractivity contribution in [3.63, 3.8) is 0 Å². The molecule has 0 saturated heterocycles. The van der Waals surface area contributed by atoms with Gasteiger partial charge in [-0.05, 0) is 91.9 Å². The molecule has 3 aliphatic carbocycles. The highest BCUT2D eigenvalue weighted by Crippen LogP contribution is 2.64. The summed E-state index contributed by atoms with van der Waals surface area (Å²) in [6.07, 6.45) is 6.76. The summed E-state index contributed by atoms with van der Waals surface area (Å²) >= 11 is 0. The van der Waals surface area contributed by atoms with Crippen LogP contribution in [0, 0.1) is 17.3 Å². The molecule has 0 aliphatic heterocycles. The van der Waals surface area contributed by atoms with Gasteiger partial charge in [-0.3, -0.25) is 0 Å². The molecular formula is C19H26O2.